The third kappa shape index (κ3) is 5.05. The van der Waals surface area contributed by atoms with Gasteiger partial charge < -0.3 is 19.2 Å². The molecule has 6 nitrogen and oxygen atoms in total. The predicted molar refractivity (Wildman–Crippen MR) is 120 cm³/mol. The predicted octanol–water partition coefficient (Wildman–Crippen LogP) is 4.00. The topological polar surface area (TPSA) is 63.9 Å². The molecular weight excluding hydrogens is 380 g/mol. The lowest BCUT2D eigenvalue weighted by molar-refractivity contribution is -0.116. The van der Waals surface area contributed by atoms with Crippen molar-refractivity contribution in [3.8, 4) is 5.75 Å². The van der Waals surface area contributed by atoms with Crippen molar-refractivity contribution in [2.45, 2.75) is 41.0 Å². The minimum atomic E-state index is -0.0743. The molecule has 30 heavy (non-hydrogen) atoms. The van der Waals surface area contributed by atoms with Crippen LogP contribution in [0.3, 0.4) is 0 Å². The van der Waals surface area contributed by atoms with Crippen LogP contribution in [0.4, 0.5) is 0 Å². The Morgan fingerprint density at radius 1 is 1.23 bits per heavy atom. The Balaban J connectivity index is 1.71. The van der Waals surface area contributed by atoms with Crippen molar-refractivity contribution in [3.05, 3.63) is 34.6 Å². The molecule has 1 amide bonds. The SMILES string of the molecule is CCOc1c(/C(C)=C/C(=O)NCCCN2CCOCC2)cc2c(C)c(C)oc2c1C. The molecule has 1 aromatic carbocycles. The number of furan rings is 1. The largest absolute Gasteiger partial charge is 0.493 e. The number of hydrogen-bond acceptors (Lipinski definition) is 5. The molecule has 3 rings (SSSR count). The van der Waals surface area contributed by atoms with Crippen LogP contribution >= 0.6 is 0 Å². The van der Waals surface area contributed by atoms with Crippen LogP contribution in [0.25, 0.3) is 16.5 Å². The average molecular weight is 415 g/mol. The minimum absolute atomic E-state index is 0.0743. The van der Waals surface area contributed by atoms with E-state index >= 15 is 0 Å². The number of hydrogen-bond donors (Lipinski definition) is 1. The fraction of sp³-hybridized carbons (Fsp3) is 0.542. The first kappa shape index (κ1) is 22.4. The van der Waals surface area contributed by atoms with Gasteiger partial charge in [-0.1, -0.05) is 0 Å². The zero-order valence-corrected chi connectivity index (χ0v) is 18.9. The highest BCUT2D eigenvalue weighted by atomic mass is 16.5. The lowest BCUT2D eigenvalue weighted by atomic mass is 9.98. The number of nitrogens with one attached hydrogen (secondary N) is 1. The normalized spacial score (nSPS) is 15.6. The molecule has 164 valence electrons. The van der Waals surface area contributed by atoms with Crippen LogP contribution in [0.15, 0.2) is 16.6 Å². The molecule has 0 spiro atoms. The number of rotatable bonds is 8. The maximum absolute atomic E-state index is 12.5. The quantitative estimate of drug-likeness (QED) is 0.523. The number of carbonyl (C=O) groups is 1. The van der Waals surface area contributed by atoms with Crippen molar-refractivity contribution in [1.82, 2.24) is 10.2 Å². The maximum Gasteiger partial charge on any atom is 0.244 e. The third-order valence-electron chi connectivity index (χ3n) is 5.76. The first-order chi connectivity index (χ1) is 14.4. The first-order valence-electron chi connectivity index (χ1n) is 10.8. The van der Waals surface area contributed by atoms with Crippen LogP contribution < -0.4 is 10.1 Å². The van der Waals surface area contributed by atoms with Gasteiger partial charge in [-0.05, 0) is 64.8 Å². The number of nitrogens with zero attached hydrogens (tertiary/aromatic N) is 1. The lowest BCUT2D eigenvalue weighted by Crippen LogP contribution is -2.38. The van der Waals surface area contributed by atoms with Gasteiger partial charge in [-0.3, -0.25) is 9.69 Å². The summed E-state index contributed by atoms with van der Waals surface area (Å²) < 4.78 is 17.3. The smallest absolute Gasteiger partial charge is 0.244 e. The number of aryl methyl sites for hydroxylation is 3. The van der Waals surface area contributed by atoms with Crippen LogP contribution in [0.1, 0.15) is 42.7 Å². The van der Waals surface area contributed by atoms with Crippen molar-refractivity contribution in [2.75, 3.05) is 46.0 Å². The van der Waals surface area contributed by atoms with E-state index in [4.69, 9.17) is 13.9 Å². The standard InChI is InChI=1S/C24H34N2O4/c1-6-29-23-18(4)24-21(17(3)19(5)30-24)15-20(23)16(2)14-22(27)25-8-7-9-26-10-12-28-13-11-26/h14-15H,6-13H2,1-5H3,(H,25,27)/b16-14+. The van der Waals surface area contributed by atoms with E-state index in [2.05, 4.69) is 23.2 Å². The van der Waals surface area contributed by atoms with Gasteiger partial charge in [0.05, 0.1) is 19.8 Å². The van der Waals surface area contributed by atoms with E-state index < -0.39 is 0 Å². The van der Waals surface area contributed by atoms with E-state index in [1.54, 1.807) is 6.08 Å². The fourth-order valence-corrected chi connectivity index (χ4v) is 3.90. The number of benzene rings is 1. The van der Waals surface area contributed by atoms with E-state index in [1.807, 2.05) is 27.7 Å². The van der Waals surface area contributed by atoms with E-state index in [9.17, 15) is 4.79 Å². The molecular formula is C24H34N2O4. The zero-order valence-electron chi connectivity index (χ0n) is 18.9. The molecule has 0 unspecified atom stereocenters. The number of carbonyl (C=O) groups excluding carboxylic acids is 1. The second-order valence-electron chi connectivity index (χ2n) is 7.90. The molecule has 1 aliphatic rings. The first-order valence-corrected chi connectivity index (χ1v) is 10.8. The molecule has 0 aliphatic carbocycles. The molecule has 1 saturated heterocycles. The Morgan fingerprint density at radius 3 is 2.67 bits per heavy atom. The Bertz CT molecular complexity index is 923. The molecule has 6 heteroatoms. The number of fused-ring (bicyclic) bond motifs is 1. The number of ether oxygens (including phenoxy) is 2. The van der Waals surface area contributed by atoms with Gasteiger partial charge in [-0.25, -0.2) is 0 Å². The van der Waals surface area contributed by atoms with Crippen LogP contribution in [0, 0.1) is 20.8 Å². The number of amides is 1. The molecule has 0 radical (unpaired) electrons. The average Bonchev–Trinajstić information content (AvgIpc) is 3.02. The van der Waals surface area contributed by atoms with Gasteiger partial charge in [0.15, 0.2) is 0 Å². The third-order valence-corrected chi connectivity index (χ3v) is 5.76. The zero-order chi connectivity index (χ0) is 21.7. The van der Waals surface area contributed by atoms with Gasteiger partial charge in [-0.15, -0.1) is 0 Å². The summed E-state index contributed by atoms with van der Waals surface area (Å²) in [5.74, 6) is 1.62. The van der Waals surface area contributed by atoms with Gasteiger partial charge in [0.1, 0.15) is 17.1 Å². The van der Waals surface area contributed by atoms with Crippen LogP contribution in [0.5, 0.6) is 5.75 Å². The summed E-state index contributed by atoms with van der Waals surface area (Å²) in [5.41, 5.74) is 4.77. The lowest BCUT2D eigenvalue weighted by Gasteiger charge is -2.26. The van der Waals surface area contributed by atoms with Gasteiger partial charge in [0.25, 0.3) is 0 Å². The highest BCUT2D eigenvalue weighted by Gasteiger charge is 2.19. The molecule has 1 N–H and O–H groups in total. The minimum Gasteiger partial charge on any atom is -0.493 e. The summed E-state index contributed by atoms with van der Waals surface area (Å²) in [5, 5.41) is 4.08. The highest BCUT2D eigenvalue weighted by Crippen LogP contribution is 2.38. The summed E-state index contributed by atoms with van der Waals surface area (Å²) >= 11 is 0. The van der Waals surface area contributed by atoms with Crippen molar-refractivity contribution >= 4 is 22.4 Å². The second kappa shape index (κ2) is 10.1. The van der Waals surface area contributed by atoms with E-state index in [0.717, 1.165) is 84.0 Å². The van der Waals surface area contributed by atoms with Gasteiger partial charge in [0.2, 0.25) is 5.91 Å². The van der Waals surface area contributed by atoms with Crippen molar-refractivity contribution < 1.29 is 18.7 Å². The summed E-state index contributed by atoms with van der Waals surface area (Å²) in [7, 11) is 0. The Morgan fingerprint density at radius 2 is 1.97 bits per heavy atom. The summed E-state index contributed by atoms with van der Waals surface area (Å²) in [6.45, 7) is 15.7. The van der Waals surface area contributed by atoms with Gasteiger partial charge in [-0.2, -0.15) is 0 Å². The molecule has 0 bridgehead atoms. The van der Waals surface area contributed by atoms with Crippen LogP contribution in [-0.2, 0) is 9.53 Å². The summed E-state index contributed by atoms with van der Waals surface area (Å²) in [6.07, 6.45) is 2.60. The fourth-order valence-electron chi connectivity index (χ4n) is 3.90. The molecule has 1 aliphatic heterocycles. The Kier molecular flexibility index (Phi) is 7.56. The summed E-state index contributed by atoms with van der Waals surface area (Å²) in [4.78, 5) is 14.9. The molecule has 0 atom stereocenters. The van der Waals surface area contributed by atoms with Crippen molar-refractivity contribution in [2.24, 2.45) is 0 Å². The molecule has 1 fully saturated rings. The van der Waals surface area contributed by atoms with Crippen molar-refractivity contribution in [3.63, 3.8) is 0 Å². The van der Waals surface area contributed by atoms with Gasteiger partial charge >= 0.3 is 0 Å². The maximum atomic E-state index is 12.5. The molecule has 1 aromatic heterocycles. The number of allylic oxidation sites excluding steroid dienone is 1. The Hall–Kier alpha value is -2.31. The van der Waals surface area contributed by atoms with Crippen LogP contribution in [-0.4, -0.2) is 56.8 Å². The molecule has 2 heterocycles. The second-order valence-corrected chi connectivity index (χ2v) is 7.90. The van der Waals surface area contributed by atoms with E-state index in [0.29, 0.717) is 13.2 Å². The molecule has 2 aromatic rings. The van der Waals surface area contributed by atoms with Gasteiger partial charge in [0, 0.05) is 42.2 Å². The van der Waals surface area contributed by atoms with E-state index in [1.165, 1.54) is 0 Å². The number of morpholine rings is 1. The van der Waals surface area contributed by atoms with Crippen LogP contribution in [0.2, 0.25) is 0 Å². The van der Waals surface area contributed by atoms with E-state index in [-0.39, 0.29) is 5.91 Å². The summed E-state index contributed by atoms with van der Waals surface area (Å²) in [6, 6.07) is 2.08. The Labute approximate surface area is 179 Å². The molecule has 0 saturated carbocycles. The highest BCUT2D eigenvalue weighted by molar-refractivity contribution is 5.98. The monoisotopic (exact) mass is 414 g/mol. The van der Waals surface area contributed by atoms with Crippen molar-refractivity contribution in [1.29, 1.82) is 0 Å².